The van der Waals surface area contributed by atoms with Gasteiger partial charge < -0.3 is 0 Å². The fourth-order valence-electron chi connectivity index (χ4n) is 5.72. The van der Waals surface area contributed by atoms with Crippen LogP contribution in [0.1, 0.15) is 45.1 Å². The molecular formula is C31H29NS. The predicted octanol–water partition coefficient (Wildman–Crippen LogP) is 9.25. The molecule has 1 aliphatic carbocycles. The van der Waals surface area contributed by atoms with E-state index in [1.54, 1.807) is 0 Å². The molecular weight excluding hydrogens is 418 g/mol. The summed E-state index contributed by atoms with van der Waals surface area (Å²) in [5, 5.41) is 2.68. The van der Waals surface area contributed by atoms with Gasteiger partial charge in [-0.3, -0.25) is 4.98 Å². The summed E-state index contributed by atoms with van der Waals surface area (Å²) < 4.78 is 2.67. The average molecular weight is 448 g/mol. The van der Waals surface area contributed by atoms with Crippen LogP contribution in [0.3, 0.4) is 0 Å². The van der Waals surface area contributed by atoms with Gasteiger partial charge in [0.1, 0.15) is 0 Å². The van der Waals surface area contributed by atoms with Gasteiger partial charge in [-0.1, -0.05) is 75.2 Å². The molecule has 0 aliphatic heterocycles. The van der Waals surface area contributed by atoms with Crippen LogP contribution in [-0.4, -0.2) is 4.98 Å². The van der Waals surface area contributed by atoms with Gasteiger partial charge in [-0.25, -0.2) is 0 Å². The van der Waals surface area contributed by atoms with E-state index in [2.05, 4.69) is 92.7 Å². The van der Waals surface area contributed by atoms with Crippen LogP contribution in [0.25, 0.3) is 42.6 Å². The first-order chi connectivity index (χ1) is 16.1. The summed E-state index contributed by atoms with van der Waals surface area (Å²) in [6.07, 6.45) is 7.45. The van der Waals surface area contributed by atoms with Crippen molar-refractivity contribution in [1.82, 2.24) is 4.98 Å². The fraction of sp³-hybridized carbons (Fsp3) is 0.258. The second-order valence-electron chi connectivity index (χ2n) is 9.99. The van der Waals surface area contributed by atoms with Crippen LogP contribution < -0.4 is 0 Å². The van der Waals surface area contributed by atoms with Crippen molar-refractivity contribution in [3.05, 3.63) is 90.6 Å². The number of nitrogens with zero attached hydrogens (tertiary/aromatic N) is 1. The fourth-order valence-corrected chi connectivity index (χ4v) is 6.83. The SMILES string of the molecule is CC(C)(c1ccnc(-c2ccc3sc4cccc(-c5ccccc5)c4c3c2)c1)C1CCCC1. The molecule has 0 atom stereocenters. The number of pyridine rings is 1. The summed E-state index contributed by atoms with van der Waals surface area (Å²) in [6.45, 7) is 4.84. The van der Waals surface area contributed by atoms with E-state index in [-0.39, 0.29) is 5.41 Å². The van der Waals surface area contributed by atoms with E-state index in [0.717, 1.165) is 11.6 Å². The summed E-state index contributed by atoms with van der Waals surface area (Å²) >= 11 is 1.88. The molecule has 1 fully saturated rings. The van der Waals surface area contributed by atoms with Gasteiger partial charge in [0.05, 0.1) is 5.69 Å². The molecule has 0 bridgehead atoms. The zero-order valence-electron chi connectivity index (χ0n) is 19.3. The highest BCUT2D eigenvalue weighted by atomic mass is 32.1. The normalized spacial score (nSPS) is 15.0. The molecule has 2 aromatic heterocycles. The first-order valence-corrected chi connectivity index (χ1v) is 12.9. The topological polar surface area (TPSA) is 12.9 Å². The number of thiophene rings is 1. The number of fused-ring (bicyclic) bond motifs is 3. The van der Waals surface area contributed by atoms with E-state index in [1.165, 1.54) is 68.1 Å². The molecule has 2 heterocycles. The lowest BCUT2D eigenvalue weighted by Gasteiger charge is -2.32. The number of benzene rings is 3. The first kappa shape index (κ1) is 20.6. The van der Waals surface area contributed by atoms with Crippen molar-refractivity contribution in [2.75, 3.05) is 0 Å². The highest BCUT2D eigenvalue weighted by Crippen LogP contribution is 2.44. The molecule has 6 rings (SSSR count). The van der Waals surface area contributed by atoms with E-state index < -0.39 is 0 Å². The van der Waals surface area contributed by atoms with E-state index in [0.29, 0.717) is 0 Å². The summed E-state index contributed by atoms with van der Waals surface area (Å²) in [5.74, 6) is 0.768. The Kier molecular flexibility index (Phi) is 5.07. The van der Waals surface area contributed by atoms with Gasteiger partial charge in [-0.15, -0.1) is 11.3 Å². The van der Waals surface area contributed by atoms with Crippen LogP contribution in [0.4, 0.5) is 0 Å². The lowest BCUT2D eigenvalue weighted by atomic mass is 9.72. The van der Waals surface area contributed by atoms with Crippen LogP contribution in [0.15, 0.2) is 85.1 Å². The Labute approximate surface area is 200 Å². The molecule has 0 radical (unpaired) electrons. The third kappa shape index (κ3) is 3.57. The van der Waals surface area contributed by atoms with Crippen molar-refractivity contribution in [2.45, 2.75) is 44.9 Å². The minimum absolute atomic E-state index is 0.188. The smallest absolute Gasteiger partial charge is 0.0705 e. The van der Waals surface area contributed by atoms with Gasteiger partial charge in [0.15, 0.2) is 0 Å². The molecule has 1 aliphatic rings. The molecule has 0 N–H and O–H groups in total. The van der Waals surface area contributed by atoms with Crippen LogP contribution in [0.2, 0.25) is 0 Å². The summed E-state index contributed by atoms with van der Waals surface area (Å²) in [7, 11) is 0. The largest absolute Gasteiger partial charge is 0.256 e. The molecule has 5 aromatic rings. The maximum Gasteiger partial charge on any atom is 0.0705 e. The van der Waals surface area contributed by atoms with Crippen LogP contribution >= 0.6 is 11.3 Å². The summed E-state index contributed by atoms with van der Waals surface area (Å²) in [6, 6.07) is 28.9. The zero-order chi connectivity index (χ0) is 22.4. The van der Waals surface area contributed by atoms with E-state index in [1.807, 2.05) is 17.5 Å². The van der Waals surface area contributed by atoms with Gasteiger partial charge in [0.2, 0.25) is 0 Å². The molecule has 0 amide bonds. The lowest BCUT2D eigenvalue weighted by Crippen LogP contribution is -2.26. The Balaban J connectivity index is 1.49. The zero-order valence-corrected chi connectivity index (χ0v) is 20.2. The Morgan fingerprint density at radius 2 is 1.61 bits per heavy atom. The van der Waals surface area contributed by atoms with Gasteiger partial charge in [0.25, 0.3) is 0 Å². The lowest BCUT2D eigenvalue weighted by molar-refractivity contribution is 0.325. The van der Waals surface area contributed by atoms with Crippen LogP contribution in [-0.2, 0) is 5.41 Å². The molecule has 3 aromatic carbocycles. The van der Waals surface area contributed by atoms with Crippen molar-refractivity contribution >= 4 is 31.5 Å². The molecule has 0 spiro atoms. The van der Waals surface area contributed by atoms with Crippen molar-refractivity contribution < 1.29 is 0 Å². The molecule has 1 nitrogen and oxygen atoms in total. The van der Waals surface area contributed by atoms with Crippen LogP contribution in [0.5, 0.6) is 0 Å². The maximum atomic E-state index is 4.81. The summed E-state index contributed by atoms with van der Waals surface area (Å²) in [4.78, 5) is 4.81. The second kappa shape index (κ2) is 8.11. The first-order valence-electron chi connectivity index (χ1n) is 12.1. The monoisotopic (exact) mass is 447 g/mol. The van der Waals surface area contributed by atoms with E-state index in [9.17, 15) is 0 Å². The van der Waals surface area contributed by atoms with Gasteiger partial charge >= 0.3 is 0 Å². The summed E-state index contributed by atoms with van der Waals surface area (Å²) in [5.41, 5.74) is 6.46. The minimum Gasteiger partial charge on any atom is -0.256 e. The number of aromatic nitrogens is 1. The number of rotatable bonds is 4. The molecule has 0 unspecified atom stereocenters. The van der Waals surface area contributed by atoms with E-state index >= 15 is 0 Å². The van der Waals surface area contributed by atoms with Gasteiger partial charge in [-0.2, -0.15) is 0 Å². The average Bonchev–Trinajstić information content (AvgIpc) is 3.53. The molecule has 2 heteroatoms. The predicted molar refractivity (Wildman–Crippen MR) is 143 cm³/mol. The van der Waals surface area contributed by atoms with E-state index in [4.69, 9.17) is 4.98 Å². The standard InChI is InChI=1S/C31H29NS/c1-31(2,23-11-6-7-12-23)24-17-18-32-27(20-24)22-15-16-28-26(19-22)30-25(13-8-14-29(30)33-28)21-9-4-3-5-10-21/h3-5,8-10,13-20,23H,6-7,11-12H2,1-2H3. The molecule has 1 saturated carbocycles. The molecule has 164 valence electrons. The van der Waals surface area contributed by atoms with Crippen LogP contribution in [0, 0.1) is 5.92 Å². The third-order valence-electron chi connectivity index (χ3n) is 7.76. The Morgan fingerprint density at radius 3 is 2.42 bits per heavy atom. The maximum absolute atomic E-state index is 4.81. The highest BCUT2D eigenvalue weighted by molar-refractivity contribution is 7.25. The van der Waals surface area contributed by atoms with Crippen molar-refractivity contribution in [3.63, 3.8) is 0 Å². The van der Waals surface area contributed by atoms with Gasteiger partial charge in [-0.05, 0) is 71.2 Å². The Bertz CT molecular complexity index is 1440. The molecule has 0 saturated heterocycles. The van der Waals surface area contributed by atoms with Gasteiger partial charge in [0, 0.05) is 31.9 Å². The Hall–Kier alpha value is -2.97. The van der Waals surface area contributed by atoms with Crippen molar-refractivity contribution in [2.24, 2.45) is 5.92 Å². The quantitative estimate of drug-likeness (QED) is 0.267. The second-order valence-corrected chi connectivity index (χ2v) is 11.1. The highest BCUT2D eigenvalue weighted by Gasteiger charge is 2.33. The minimum atomic E-state index is 0.188. The Morgan fingerprint density at radius 1 is 0.788 bits per heavy atom. The third-order valence-corrected chi connectivity index (χ3v) is 8.89. The number of hydrogen-bond donors (Lipinski definition) is 0. The molecule has 33 heavy (non-hydrogen) atoms. The number of hydrogen-bond acceptors (Lipinski definition) is 2. The van der Waals surface area contributed by atoms with Crippen molar-refractivity contribution in [3.8, 4) is 22.4 Å². The van der Waals surface area contributed by atoms with Crippen molar-refractivity contribution in [1.29, 1.82) is 0 Å².